The number of methoxy groups -OCH3 is 1. The number of pyridine rings is 2. The van der Waals surface area contributed by atoms with Gasteiger partial charge in [-0.3, -0.25) is 4.79 Å². The molecule has 9 nitrogen and oxygen atoms in total. The summed E-state index contributed by atoms with van der Waals surface area (Å²) < 4.78 is 10.9. The molecule has 0 aliphatic heterocycles. The molecular formula is C32H50N4O5. The summed E-state index contributed by atoms with van der Waals surface area (Å²) in [5.41, 5.74) is 2.05. The molecule has 1 saturated carbocycles. The number of amides is 1. The highest BCUT2D eigenvalue weighted by Crippen LogP contribution is 2.36. The molecule has 0 bridgehead atoms. The molecule has 3 aromatic rings. The number of aliphatic hydroxyl groups excluding tert-OH is 1. The van der Waals surface area contributed by atoms with Crippen molar-refractivity contribution in [1.82, 2.24) is 9.97 Å². The third kappa shape index (κ3) is 11.9. The summed E-state index contributed by atoms with van der Waals surface area (Å²) in [6.07, 6.45) is 16.1. The molecule has 1 aliphatic rings. The molecule has 0 unspecified atom stereocenters. The van der Waals surface area contributed by atoms with Crippen molar-refractivity contribution in [2.75, 3.05) is 31.9 Å². The maximum atomic E-state index is 12.5. The molecule has 9 heteroatoms. The van der Waals surface area contributed by atoms with E-state index in [1.54, 1.807) is 31.6 Å². The maximum Gasteiger partial charge on any atom is 0.294 e. The van der Waals surface area contributed by atoms with Gasteiger partial charge in [-0.15, -0.1) is 0 Å². The van der Waals surface area contributed by atoms with E-state index in [4.69, 9.17) is 14.3 Å². The zero-order valence-electron chi connectivity index (χ0n) is 26.0. The maximum absolute atomic E-state index is 12.5. The van der Waals surface area contributed by atoms with Gasteiger partial charge in [0.1, 0.15) is 23.1 Å². The number of fused-ring (bicyclic) bond motifs is 1. The number of aldehydes is 1. The second-order valence-corrected chi connectivity index (χ2v) is 10.1. The summed E-state index contributed by atoms with van der Waals surface area (Å²) in [5.74, 6) is 1.85. The third-order valence-electron chi connectivity index (χ3n) is 6.83. The van der Waals surface area contributed by atoms with Gasteiger partial charge >= 0.3 is 0 Å². The number of unbranched alkanes of at least 4 members (excludes halogenated alkanes) is 4. The number of carbonyl (C=O) groups is 2. The molecule has 0 spiro atoms. The van der Waals surface area contributed by atoms with Gasteiger partial charge in [0, 0.05) is 38.5 Å². The first-order valence-corrected chi connectivity index (χ1v) is 14.7. The van der Waals surface area contributed by atoms with Crippen molar-refractivity contribution in [2.24, 2.45) is 11.8 Å². The summed E-state index contributed by atoms with van der Waals surface area (Å²) in [4.78, 5) is 31.1. The van der Waals surface area contributed by atoms with E-state index in [2.05, 4.69) is 41.4 Å². The number of anilines is 2. The Morgan fingerprint density at radius 1 is 1.07 bits per heavy atom. The molecule has 41 heavy (non-hydrogen) atoms. The van der Waals surface area contributed by atoms with Crippen LogP contribution in [-0.2, 0) is 4.79 Å². The van der Waals surface area contributed by atoms with Gasteiger partial charge in [-0.05, 0) is 37.3 Å². The Kier molecular flexibility index (Phi) is 17.7. The molecule has 3 aromatic heterocycles. The van der Waals surface area contributed by atoms with Gasteiger partial charge in [0.25, 0.3) is 5.91 Å². The number of nitrogens with one attached hydrogen (secondary N) is 2. The fraction of sp³-hybridized carbons (Fsp3) is 0.562. The van der Waals surface area contributed by atoms with E-state index in [0.29, 0.717) is 34.3 Å². The van der Waals surface area contributed by atoms with Crippen LogP contribution in [0.2, 0.25) is 0 Å². The Balaban J connectivity index is 0.000000384. The number of ether oxygens (including phenoxy) is 1. The van der Waals surface area contributed by atoms with E-state index in [0.717, 1.165) is 37.7 Å². The molecule has 0 atom stereocenters. The largest absolute Gasteiger partial charge is 0.480 e. The van der Waals surface area contributed by atoms with Crippen LogP contribution >= 0.6 is 0 Å². The minimum Gasteiger partial charge on any atom is -0.480 e. The zero-order chi connectivity index (χ0) is 30.6. The number of nitrogens with zero attached hydrogens (tertiary/aromatic N) is 2. The predicted molar refractivity (Wildman–Crippen MR) is 167 cm³/mol. The Labute approximate surface area is 245 Å². The fourth-order valence-electron chi connectivity index (χ4n) is 4.38. The SMILES string of the molecule is CC1CCC(C=O)CC1.CCCCCCC.CNc1c(C(=O)Nc2ccc(C)cn2)oc2ccnc(OC)c12.CO. The highest BCUT2D eigenvalue weighted by atomic mass is 16.5. The van der Waals surface area contributed by atoms with Crippen molar-refractivity contribution in [3.63, 3.8) is 0 Å². The van der Waals surface area contributed by atoms with Crippen LogP contribution in [0.25, 0.3) is 11.0 Å². The van der Waals surface area contributed by atoms with Crippen LogP contribution in [-0.4, -0.2) is 48.5 Å². The van der Waals surface area contributed by atoms with Crippen LogP contribution in [0, 0.1) is 18.8 Å². The van der Waals surface area contributed by atoms with Crippen LogP contribution in [0.5, 0.6) is 5.88 Å². The number of hydrogen-bond acceptors (Lipinski definition) is 8. The smallest absolute Gasteiger partial charge is 0.294 e. The van der Waals surface area contributed by atoms with Crippen LogP contribution < -0.4 is 15.4 Å². The van der Waals surface area contributed by atoms with Gasteiger partial charge in [0.2, 0.25) is 11.6 Å². The monoisotopic (exact) mass is 570 g/mol. The van der Waals surface area contributed by atoms with Crippen LogP contribution in [0.3, 0.4) is 0 Å². The average Bonchev–Trinajstić information content (AvgIpc) is 3.40. The topological polar surface area (TPSA) is 127 Å². The summed E-state index contributed by atoms with van der Waals surface area (Å²) in [7, 11) is 4.22. The van der Waals surface area contributed by atoms with E-state index >= 15 is 0 Å². The number of aryl methyl sites for hydroxylation is 1. The molecular weight excluding hydrogens is 520 g/mol. The van der Waals surface area contributed by atoms with Gasteiger partial charge in [0.15, 0.2) is 0 Å². The van der Waals surface area contributed by atoms with Crippen molar-refractivity contribution in [1.29, 1.82) is 0 Å². The molecule has 1 fully saturated rings. The number of rotatable bonds is 9. The van der Waals surface area contributed by atoms with E-state index in [1.807, 2.05) is 13.0 Å². The van der Waals surface area contributed by atoms with Crippen molar-refractivity contribution in [3.05, 3.63) is 41.9 Å². The van der Waals surface area contributed by atoms with Gasteiger partial charge < -0.3 is 29.7 Å². The summed E-state index contributed by atoms with van der Waals surface area (Å²) in [6, 6.07) is 5.28. The van der Waals surface area contributed by atoms with Gasteiger partial charge in [-0.25, -0.2) is 9.97 Å². The Morgan fingerprint density at radius 2 is 1.73 bits per heavy atom. The quantitative estimate of drug-likeness (QED) is 0.179. The van der Waals surface area contributed by atoms with Crippen LogP contribution in [0.1, 0.15) is 94.7 Å². The molecule has 1 aliphatic carbocycles. The normalized spacial score (nSPS) is 15.6. The number of hydrogen-bond donors (Lipinski definition) is 3. The number of aromatic nitrogens is 2. The van der Waals surface area contributed by atoms with Crippen molar-refractivity contribution >= 4 is 34.7 Å². The van der Waals surface area contributed by atoms with Gasteiger partial charge in [0.05, 0.1) is 12.8 Å². The summed E-state index contributed by atoms with van der Waals surface area (Å²) in [5, 5.41) is 13.3. The highest BCUT2D eigenvalue weighted by Gasteiger charge is 2.23. The Hall–Kier alpha value is -3.46. The molecule has 3 N–H and O–H groups in total. The number of aliphatic hydroxyl groups is 1. The van der Waals surface area contributed by atoms with Crippen LogP contribution in [0.15, 0.2) is 35.0 Å². The lowest BCUT2D eigenvalue weighted by Gasteiger charge is -2.21. The minimum atomic E-state index is -0.399. The Bertz CT molecular complexity index is 1130. The minimum absolute atomic E-state index is 0.149. The van der Waals surface area contributed by atoms with E-state index in [1.165, 1.54) is 52.1 Å². The second kappa shape index (κ2) is 20.4. The number of carbonyl (C=O) groups excluding carboxylic acids is 2. The first kappa shape index (κ1) is 35.6. The fourth-order valence-corrected chi connectivity index (χ4v) is 4.38. The third-order valence-corrected chi connectivity index (χ3v) is 6.83. The van der Waals surface area contributed by atoms with E-state index < -0.39 is 5.91 Å². The summed E-state index contributed by atoms with van der Waals surface area (Å²) >= 11 is 0. The first-order valence-electron chi connectivity index (χ1n) is 14.7. The van der Waals surface area contributed by atoms with E-state index in [9.17, 15) is 9.59 Å². The lowest BCUT2D eigenvalue weighted by molar-refractivity contribution is -0.112. The Morgan fingerprint density at radius 3 is 2.24 bits per heavy atom. The van der Waals surface area contributed by atoms with E-state index in [-0.39, 0.29) is 5.76 Å². The van der Waals surface area contributed by atoms with Gasteiger partial charge in [-0.1, -0.05) is 71.8 Å². The van der Waals surface area contributed by atoms with Crippen molar-refractivity contribution in [2.45, 2.75) is 85.5 Å². The van der Waals surface area contributed by atoms with Crippen molar-refractivity contribution < 1.29 is 23.8 Å². The highest BCUT2D eigenvalue weighted by molar-refractivity contribution is 6.12. The second-order valence-electron chi connectivity index (χ2n) is 10.1. The van der Waals surface area contributed by atoms with Crippen LogP contribution in [0.4, 0.5) is 11.5 Å². The predicted octanol–water partition coefficient (Wildman–Crippen LogP) is 7.43. The molecule has 0 radical (unpaired) electrons. The van der Waals surface area contributed by atoms with Crippen molar-refractivity contribution in [3.8, 4) is 5.88 Å². The average molecular weight is 571 g/mol. The molecule has 0 saturated heterocycles. The standard InChI is InChI=1S/C16H16N4O3.C8H14O.C7H16.CH4O/c1-9-4-5-11(19-8-9)20-15(21)14-13(17-2)12-10(23-14)6-7-18-16(12)22-3;1-7-2-4-8(6-9)5-3-7;1-3-5-7-6-4-2;1-2/h4-8,17H,1-3H3,(H,19,20,21);6-8H,2-5H2,1H3;3-7H2,1-2H3;2H,1H3. The molecule has 4 rings (SSSR count). The summed E-state index contributed by atoms with van der Waals surface area (Å²) in [6.45, 7) is 8.68. The number of furan rings is 1. The lowest BCUT2D eigenvalue weighted by Crippen LogP contribution is -2.13. The first-order chi connectivity index (χ1) is 19.9. The molecule has 0 aromatic carbocycles. The molecule has 3 heterocycles. The zero-order valence-corrected chi connectivity index (χ0v) is 26.0. The van der Waals surface area contributed by atoms with Gasteiger partial charge in [-0.2, -0.15) is 0 Å². The molecule has 228 valence electrons. The lowest BCUT2D eigenvalue weighted by atomic mass is 9.84. The molecule has 1 amide bonds.